The molecule has 0 spiro atoms. The van der Waals surface area contributed by atoms with Crippen LogP contribution in [-0.4, -0.2) is 43.9 Å². The van der Waals surface area contributed by atoms with E-state index in [0.717, 1.165) is 13.0 Å². The van der Waals surface area contributed by atoms with Gasteiger partial charge in [-0.25, -0.2) is 4.79 Å². The first-order chi connectivity index (χ1) is 8.80. The van der Waals surface area contributed by atoms with Crippen molar-refractivity contribution in [1.82, 2.24) is 10.6 Å². The molecule has 0 unspecified atom stereocenters. The molecule has 1 aliphatic rings. The molecule has 110 valence electrons. The van der Waals surface area contributed by atoms with Gasteiger partial charge in [0.05, 0.1) is 7.11 Å². The predicted octanol–water partition coefficient (Wildman–Crippen LogP) is 1.05. The largest absolute Gasteiger partial charge is 0.469 e. The highest BCUT2D eigenvalue weighted by Gasteiger charge is 2.26. The van der Waals surface area contributed by atoms with Crippen molar-refractivity contribution in [2.75, 3.05) is 20.2 Å². The quantitative estimate of drug-likeness (QED) is 0.751. The van der Waals surface area contributed by atoms with Crippen molar-refractivity contribution in [3.8, 4) is 0 Å². The summed E-state index contributed by atoms with van der Waals surface area (Å²) in [6.07, 6.45) is 0.704. The van der Waals surface area contributed by atoms with E-state index in [1.165, 1.54) is 7.11 Å². The number of carbonyl (C=O) groups is 2. The first-order valence-electron chi connectivity index (χ1n) is 6.57. The Morgan fingerprint density at radius 3 is 2.58 bits per heavy atom. The van der Waals surface area contributed by atoms with Crippen LogP contribution < -0.4 is 10.6 Å². The fourth-order valence-electron chi connectivity index (χ4n) is 2.09. The second kappa shape index (κ2) is 6.75. The highest BCUT2D eigenvalue weighted by atomic mass is 16.6. The number of hydrogen-bond donors (Lipinski definition) is 2. The number of ether oxygens (including phenoxy) is 2. The summed E-state index contributed by atoms with van der Waals surface area (Å²) in [5.74, 6) is -0.0362. The Bertz CT molecular complexity index is 325. The molecule has 19 heavy (non-hydrogen) atoms. The lowest BCUT2D eigenvalue weighted by Crippen LogP contribution is -2.50. The highest BCUT2D eigenvalue weighted by molar-refractivity contribution is 5.70. The average Bonchev–Trinajstić information content (AvgIpc) is 2.26. The molecule has 2 atom stereocenters. The molecule has 1 fully saturated rings. The van der Waals surface area contributed by atoms with Crippen LogP contribution in [0.5, 0.6) is 0 Å². The molecule has 1 saturated heterocycles. The summed E-state index contributed by atoms with van der Waals surface area (Å²) in [6, 6.07) is -0.0155. The first-order valence-corrected chi connectivity index (χ1v) is 6.57. The third kappa shape index (κ3) is 6.42. The van der Waals surface area contributed by atoms with Crippen LogP contribution in [0.25, 0.3) is 0 Å². The van der Waals surface area contributed by atoms with Crippen molar-refractivity contribution in [3.63, 3.8) is 0 Å². The van der Waals surface area contributed by atoms with Gasteiger partial charge in [0.2, 0.25) is 0 Å². The van der Waals surface area contributed by atoms with Crippen LogP contribution in [-0.2, 0) is 14.3 Å². The molecule has 0 aromatic carbocycles. The van der Waals surface area contributed by atoms with E-state index >= 15 is 0 Å². The van der Waals surface area contributed by atoms with Gasteiger partial charge >= 0.3 is 12.1 Å². The third-order valence-electron chi connectivity index (χ3n) is 2.85. The van der Waals surface area contributed by atoms with Crippen molar-refractivity contribution in [2.24, 2.45) is 5.92 Å². The van der Waals surface area contributed by atoms with Crippen LogP contribution >= 0.6 is 0 Å². The number of nitrogens with one attached hydrogen (secondary N) is 2. The molecule has 0 aliphatic carbocycles. The second-order valence-corrected chi connectivity index (χ2v) is 5.88. The van der Waals surface area contributed by atoms with E-state index in [1.807, 2.05) is 20.8 Å². The van der Waals surface area contributed by atoms with Gasteiger partial charge in [-0.2, -0.15) is 0 Å². The fourth-order valence-corrected chi connectivity index (χ4v) is 2.09. The van der Waals surface area contributed by atoms with Crippen molar-refractivity contribution in [2.45, 2.75) is 45.3 Å². The summed E-state index contributed by atoms with van der Waals surface area (Å²) in [5.41, 5.74) is -0.502. The molecule has 1 aliphatic heterocycles. The van der Waals surface area contributed by atoms with E-state index < -0.39 is 11.7 Å². The van der Waals surface area contributed by atoms with E-state index in [2.05, 4.69) is 15.4 Å². The van der Waals surface area contributed by atoms with Crippen molar-refractivity contribution < 1.29 is 19.1 Å². The summed E-state index contributed by atoms with van der Waals surface area (Å²) in [4.78, 5) is 22.9. The number of piperidine rings is 1. The number of rotatable bonds is 3. The average molecular weight is 272 g/mol. The maximum absolute atomic E-state index is 11.7. The number of methoxy groups -OCH3 is 1. The Kier molecular flexibility index (Phi) is 5.60. The zero-order valence-electron chi connectivity index (χ0n) is 12.1. The summed E-state index contributed by atoms with van der Waals surface area (Å²) in [6.45, 7) is 6.93. The SMILES string of the molecule is COC(=O)C[C@@H]1CNC[C@H](NC(=O)OC(C)(C)C)C1. The molecule has 1 heterocycles. The van der Waals surface area contributed by atoms with Gasteiger partial charge in [-0.1, -0.05) is 0 Å². The van der Waals surface area contributed by atoms with E-state index in [9.17, 15) is 9.59 Å². The van der Waals surface area contributed by atoms with Crippen LogP contribution in [0.15, 0.2) is 0 Å². The lowest BCUT2D eigenvalue weighted by molar-refractivity contribution is -0.141. The molecular formula is C13H24N2O4. The topological polar surface area (TPSA) is 76.7 Å². The minimum atomic E-state index is -0.502. The van der Waals surface area contributed by atoms with Crippen molar-refractivity contribution in [1.29, 1.82) is 0 Å². The van der Waals surface area contributed by atoms with Gasteiger partial charge in [0.15, 0.2) is 0 Å². The standard InChI is InChI=1S/C13H24N2O4/c1-13(2,3)19-12(17)15-10-5-9(7-14-8-10)6-11(16)18-4/h9-10,14H,5-8H2,1-4H3,(H,15,17)/t9-,10-/m1/s1. The lowest BCUT2D eigenvalue weighted by Gasteiger charge is -2.30. The van der Waals surface area contributed by atoms with Gasteiger partial charge in [-0.05, 0) is 39.7 Å². The summed E-state index contributed by atoms with van der Waals surface area (Å²) in [5, 5.41) is 6.03. The fraction of sp³-hybridized carbons (Fsp3) is 0.846. The molecule has 0 radical (unpaired) electrons. The number of amides is 1. The minimum absolute atomic E-state index is 0.0155. The van der Waals surface area contributed by atoms with Crippen LogP contribution in [0, 0.1) is 5.92 Å². The van der Waals surface area contributed by atoms with Gasteiger partial charge in [-0.3, -0.25) is 4.79 Å². The van der Waals surface area contributed by atoms with Crippen LogP contribution in [0.2, 0.25) is 0 Å². The Morgan fingerprint density at radius 1 is 1.32 bits per heavy atom. The Balaban J connectivity index is 2.38. The number of hydrogen-bond acceptors (Lipinski definition) is 5. The molecule has 2 N–H and O–H groups in total. The van der Waals surface area contributed by atoms with Gasteiger partial charge in [0.1, 0.15) is 5.60 Å². The van der Waals surface area contributed by atoms with Gasteiger partial charge in [0.25, 0.3) is 0 Å². The van der Waals surface area contributed by atoms with E-state index in [-0.39, 0.29) is 17.9 Å². The Morgan fingerprint density at radius 2 is 2.00 bits per heavy atom. The summed E-state index contributed by atoms with van der Waals surface area (Å²) >= 11 is 0. The maximum atomic E-state index is 11.7. The lowest BCUT2D eigenvalue weighted by atomic mass is 9.93. The molecule has 0 aromatic heterocycles. The maximum Gasteiger partial charge on any atom is 0.407 e. The third-order valence-corrected chi connectivity index (χ3v) is 2.85. The number of alkyl carbamates (subject to hydrolysis) is 1. The number of esters is 1. The summed E-state index contributed by atoms with van der Waals surface area (Å²) in [7, 11) is 1.38. The smallest absolute Gasteiger partial charge is 0.407 e. The zero-order chi connectivity index (χ0) is 14.5. The molecule has 6 heteroatoms. The van der Waals surface area contributed by atoms with Crippen molar-refractivity contribution >= 4 is 12.1 Å². The van der Waals surface area contributed by atoms with Gasteiger partial charge in [-0.15, -0.1) is 0 Å². The molecule has 1 amide bonds. The Labute approximate surface area is 114 Å². The van der Waals surface area contributed by atoms with E-state index in [0.29, 0.717) is 13.0 Å². The second-order valence-electron chi connectivity index (χ2n) is 5.88. The predicted molar refractivity (Wildman–Crippen MR) is 70.8 cm³/mol. The summed E-state index contributed by atoms with van der Waals surface area (Å²) < 4.78 is 9.86. The van der Waals surface area contributed by atoms with Crippen LogP contribution in [0.3, 0.4) is 0 Å². The molecule has 0 saturated carbocycles. The van der Waals surface area contributed by atoms with E-state index in [4.69, 9.17) is 4.74 Å². The van der Waals surface area contributed by atoms with Gasteiger partial charge in [0, 0.05) is 19.0 Å². The van der Waals surface area contributed by atoms with Crippen LogP contribution in [0.1, 0.15) is 33.6 Å². The first kappa shape index (κ1) is 15.8. The monoisotopic (exact) mass is 272 g/mol. The normalized spacial score (nSPS) is 23.6. The zero-order valence-corrected chi connectivity index (χ0v) is 12.1. The molecular weight excluding hydrogens is 248 g/mol. The van der Waals surface area contributed by atoms with Gasteiger partial charge < -0.3 is 20.1 Å². The van der Waals surface area contributed by atoms with Crippen molar-refractivity contribution in [3.05, 3.63) is 0 Å². The molecule has 0 bridgehead atoms. The van der Waals surface area contributed by atoms with E-state index in [1.54, 1.807) is 0 Å². The minimum Gasteiger partial charge on any atom is -0.469 e. The molecule has 1 rings (SSSR count). The molecule has 0 aromatic rings. The van der Waals surface area contributed by atoms with Crippen LogP contribution in [0.4, 0.5) is 4.79 Å². The Hall–Kier alpha value is -1.30. The number of carbonyl (C=O) groups excluding carboxylic acids is 2. The highest BCUT2D eigenvalue weighted by Crippen LogP contribution is 2.16. The molecule has 6 nitrogen and oxygen atoms in total.